The number of aromatic nitrogens is 1. The van der Waals surface area contributed by atoms with Crippen LogP contribution >= 0.6 is 0 Å². The van der Waals surface area contributed by atoms with E-state index in [1.165, 1.54) is 4.90 Å². The monoisotopic (exact) mass is 431 g/mol. The lowest BCUT2D eigenvalue weighted by Crippen LogP contribution is -2.54. The van der Waals surface area contributed by atoms with Gasteiger partial charge in [0.1, 0.15) is 29.7 Å². The van der Waals surface area contributed by atoms with Gasteiger partial charge in [-0.3, -0.25) is 9.80 Å². The summed E-state index contributed by atoms with van der Waals surface area (Å²) in [7, 11) is 0. The predicted molar refractivity (Wildman–Crippen MR) is 102 cm³/mol. The van der Waals surface area contributed by atoms with Gasteiger partial charge >= 0.3 is 6.18 Å². The van der Waals surface area contributed by atoms with Gasteiger partial charge in [0, 0.05) is 19.0 Å². The van der Waals surface area contributed by atoms with E-state index in [4.69, 9.17) is 4.52 Å². The van der Waals surface area contributed by atoms with E-state index in [2.05, 4.69) is 15.6 Å². The third-order valence-electron chi connectivity index (χ3n) is 5.40. The number of amidine groups is 1. The molecule has 1 aromatic rings. The fourth-order valence-electron chi connectivity index (χ4n) is 3.97. The van der Waals surface area contributed by atoms with Gasteiger partial charge in [-0.25, -0.2) is 0 Å². The second-order valence-electron chi connectivity index (χ2n) is 8.83. The third kappa shape index (κ3) is 4.55. The highest BCUT2D eigenvalue weighted by Crippen LogP contribution is 2.33. The number of aryl methyl sites for hydroxylation is 1. The molecular weight excluding hydrogens is 403 g/mol. The van der Waals surface area contributed by atoms with Gasteiger partial charge in [0.15, 0.2) is 0 Å². The van der Waals surface area contributed by atoms with Crippen molar-refractivity contribution in [1.82, 2.24) is 20.4 Å². The molecule has 1 saturated heterocycles. The highest BCUT2D eigenvalue weighted by molar-refractivity contribution is 5.95. The minimum atomic E-state index is -4.42. The van der Waals surface area contributed by atoms with Crippen molar-refractivity contribution in [2.24, 2.45) is 11.0 Å². The fourth-order valence-corrected chi connectivity index (χ4v) is 3.97. The van der Waals surface area contributed by atoms with E-state index >= 15 is 0 Å². The van der Waals surface area contributed by atoms with Crippen LogP contribution in [0, 0.1) is 12.8 Å². The summed E-state index contributed by atoms with van der Waals surface area (Å²) in [4.78, 5) is 14.9. The molecule has 3 heterocycles. The SMILES string of the molecule is Cc1cc(C(C(=O)N2C[C@H](O)C[C@H]2C2=NN(CC(F)(F)F)C(C)(C)N2)C(C)C)on1. The zero-order valence-corrected chi connectivity index (χ0v) is 17.7. The first-order valence-corrected chi connectivity index (χ1v) is 9.91. The Balaban J connectivity index is 1.88. The molecule has 2 aliphatic rings. The zero-order chi connectivity index (χ0) is 22.4. The lowest BCUT2D eigenvalue weighted by Gasteiger charge is -2.32. The molecule has 1 aromatic heterocycles. The summed E-state index contributed by atoms with van der Waals surface area (Å²) in [6, 6.07) is 1.04. The van der Waals surface area contributed by atoms with Crippen LogP contribution < -0.4 is 5.32 Å². The van der Waals surface area contributed by atoms with Crippen LogP contribution in [0.1, 0.15) is 51.5 Å². The lowest BCUT2D eigenvalue weighted by molar-refractivity contribution is -0.156. The van der Waals surface area contributed by atoms with Crippen molar-refractivity contribution >= 4 is 11.7 Å². The largest absolute Gasteiger partial charge is 0.407 e. The van der Waals surface area contributed by atoms with Gasteiger partial charge in [0.25, 0.3) is 0 Å². The van der Waals surface area contributed by atoms with Gasteiger partial charge < -0.3 is 19.8 Å². The number of carbonyl (C=O) groups is 1. The molecule has 1 unspecified atom stereocenters. The number of aliphatic hydroxyl groups excluding tert-OH is 1. The van der Waals surface area contributed by atoms with E-state index < -0.39 is 36.4 Å². The number of alkyl halides is 3. The highest BCUT2D eigenvalue weighted by Gasteiger charge is 2.47. The van der Waals surface area contributed by atoms with Crippen LogP contribution in [-0.4, -0.2) is 69.0 Å². The minimum Gasteiger partial charge on any atom is -0.391 e. The molecule has 0 aromatic carbocycles. The summed E-state index contributed by atoms with van der Waals surface area (Å²) in [5.41, 5.74) is -0.431. The van der Waals surface area contributed by atoms with Crippen molar-refractivity contribution in [3.63, 3.8) is 0 Å². The van der Waals surface area contributed by atoms with Gasteiger partial charge in [-0.1, -0.05) is 19.0 Å². The van der Waals surface area contributed by atoms with Gasteiger partial charge in [-0.05, 0) is 26.7 Å². The first-order chi connectivity index (χ1) is 13.8. The number of carbonyl (C=O) groups excluding carboxylic acids is 1. The summed E-state index contributed by atoms with van der Waals surface area (Å²) in [6.07, 6.45) is -5.03. The molecule has 0 spiro atoms. The predicted octanol–water partition coefficient (Wildman–Crippen LogP) is 2.20. The topological polar surface area (TPSA) is 94.2 Å². The Morgan fingerprint density at radius 1 is 1.43 bits per heavy atom. The lowest BCUT2D eigenvalue weighted by atomic mass is 9.91. The number of β-amino-alcohol motifs (C(OH)–C–C–N with tert-alkyl or cyclic N) is 1. The van der Waals surface area contributed by atoms with Crippen molar-refractivity contribution in [3.8, 4) is 0 Å². The fraction of sp³-hybridized carbons (Fsp3) is 0.737. The normalized spacial score (nSPS) is 24.9. The van der Waals surface area contributed by atoms with E-state index in [0.717, 1.165) is 5.01 Å². The van der Waals surface area contributed by atoms with Crippen LogP contribution in [0.25, 0.3) is 0 Å². The molecule has 11 heteroatoms. The third-order valence-corrected chi connectivity index (χ3v) is 5.40. The maximum atomic E-state index is 13.4. The molecule has 0 bridgehead atoms. The number of nitrogens with zero attached hydrogens (tertiary/aromatic N) is 4. The number of hydrogen-bond acceptors (Lipinski definition) is 7. The van der Waals surface area contributed by atoms with E-state index in [1.54, 1.807) is 26.8 Å². The Morgan fingerprint density at radius 3 is 2.63 bits per heavy atom. The Kier molecular flexibility index (Phi) is 5.78. The maximum absolute atomic E-state index is 13.4. The Bertz CT molecular complexity index is 821. The molecule has 168 valence electrons. The number of hydrogen-bond donors (Lipinski definition) is 2. The van der Waals surface area contributed by atoms with Gasteiger partial charge in [0.2, 0.25) is 5.91 Å². The number of rotatable bonds is 5. The quantitative estimate of drug-likeness (QED) is 0.743. The molecule has 2 aliphatic heterocycles. The van der Waals surface area contributed by atoms with Crippen molar-refractivity contribution in [1.29, 1.82) is 0 Å². The molecule has 3 atom stereocenters. The number of likely N-dealkylation sites (tertiary alicyclic amines) is 1. The molecule has 8 nitrogen and oxygen atoms in total. The second-order valence-corrected chi connectivity index (χ2v) is 8.83. The molecule has 1 amide bonds. The first kappa shape index (κ1) is 22.4. The summed E-state index contributed by atoms with van der Waals surface area (Å²) < 4.78 is 44.2. The van der Waals surface area contributed by atoms with Crippen LogP contribution in [0.4, 0.5) is 13.2 Å². The molecule has 0 radical (unpaired) electrons. The number of halogens is 3. The minimum absolute atomic E-state index is 0.0697. The molecule has 30 heavy (non-hydrogen) atoms. The smallest absolute Gasteiger partial charge is 0.391 e. The summed E-state index contributed by atoms with van der Waals surface area (Å²) in [6.45, 7) is 7.53. The van der Waals surface area contributed by atoms with Crippen LogP contribution in [0.15, 0.2) is 15.7 Å². The summed E-state index contributed by atoms with van der Waals surface area (Å²) in [5.74, 6) is -0.349. The van der Waals surface area contributed by atoms with Crippen LogP contribution in [0.3, 0.4) is 0 Å². The van der Waals surface area contributed by atoms with E-state index in [1.807, 2.05) is 13.8 Å². The average Bonchev–Trinajstić information content (AvgIpc) is 3.24. The number of aliphatic hydroxyl groups is 1. The summed E-state index contributed by atoms with van der Waals surface area (Å²) in [5, 5.41) is 22.2. The Labute approximate surface area is 173 Å². The highest BCUT2D eigenvalue weighted by atomic mass is 19.4. The van der Waals surface area contributed by atoms with E-state index in [0.29, 0.717) is 11.5 Å². The van der Waals surface area contributed by atoms with Crippen molar-refractivity contribution in [2.45, 2.75) is 70.9 Å². The number of hydrazone groups is 1. The second kappa shape index (κ2) is 7.75. The van der Waals surface area contributed by atoms with Gasteiger partial charge in [0.05, 0.1) is 17.8 Å². The molecular formula is C19H28F3N5O3. The molecule has 0 aliphatic carbocycles. The Morgan fingerprint density at radius 2 is 2.10 bits per heavy atom. The number of nitrogens with one attached hydrogen (secondary N) is 1. The van der Waals surface area contributed by atoms with Crippen LogP contribution in [0.5, 0.6) is 0 Å². The zero-order valence-electron chi connectivity index (χ0n) is 17.7. The molecule has 0 saturated carbocycles. The van der Waals surface area contributed by atoms with Crippen molar-refractivity contribution in [3.05, 3.63) is 17.5 Å². The van der Waals surface area contributed by atoms with E-state index in [-0.39, 0.29) is 30.6 Å². The summed E-state index contributed by atoms with van der Waals surface area (Å²) >= 11 is 0. The molecule has 1 fully saturated rings. The molecule has 2 N–H and O–H groups in total. The van der Waals surface area contributed by atoms with Crippen LogP contribution in [0.2, 0.25) is 0 Å². The average molecular weight is 431 g/mol. The van der Waals surface area contributed by atoms with Crippen molar-refractivity contribution < 1.29 is 27.6 Å². The van der Waals surface area contributed by atoms with Crippen molar-refractivity contribution in [2.75, 3.05) is 13.1 Å². The first-order valence-electron chi connectivity index (χ1n) is 9.91. The Hall–Kier alpha value is -2.30. The number of amides is 1. The van der Waals surface area contributed by atoms with Crippen LogP contribution in [-0.2, 0) is 4.79 Å². The van der Waals surface area contributed by atoms with E-state index in [9.17, 15) is 23.1 Å². The standard InChI is InChI=1S/C19H28F3N5O3/c1-10(2)15(14-6-11(3)25-30-14)17(29)26-8-12(28)7-13(26)16-23-18(4,5)27(24-16)9-19(20,21)22/h6,10,12-13,15,28H,7-9H2,1-5H3,(H,23,24)/t12-,13+,15?/m1/s1. The van der Waals surface area contributed by atoms with Gasteiger partial charge in [-0.15, -0.1) is 0 Å². The molecule has 3 rings (SSSR count). The van der Waals surface area contributed by atoms with Gasteiger partial charge in [-0.2, -0.15) is 18.3 Å². The maximum Gasteiger partial charge on any atom is 0.407 e.